The van der Waals surface area contributed by atoms with Crippen LogP contribution in [0.15, 0.2) is 72.9 Å². The lowest BCUT2D eigenvalue weighted by molar-refractivity contribution is 0.0697. The number of carboxylic acid groups (broad SMARTS) is 1. The van der Waals surface area contributed by atoms with E-state index in [0.717, 1.165) is 34.0 Å². The second-order valence-electron chi connectivity index (χ2n) is 8.83. The van der Waals surface area contributed by atoms with Crippen molar-refractivity contribution in [1.82, 2.24) is 14.9 Å². The lowest BCUT2D eigenvalue weighted by atomic mass is 9.96. The molecule has 2 aromatic heterocycles. The van der Waals surface area contributed by atoms with E-state index in [1.54, 1.807) is 25.4 Å². The van der Waals surface area contributed by atoms with Crippen molar-refractivity contribution in [3.63, 3.8) is 0 Å². The quantitative estimate of drug-likeness (QED) is 0.294. The first kappa shape index (κ1) is 24.8. The van der Waals surface area contributed by atoms with Crippen molar-refractivity contribution in [3.05, 3.63) is 106 Å². The van der Waals surface area contributed by atoms with Crippen molar-refractivity contribution in [2.75, 3.05) is 12.0 Å². The highest BCUT2D eigenvalue weighted by Crippen LogP contribution is 2.44. The van der Waals surface area contributed by atoms with Gasteiger partial charge in [0.05, 0.1) is 35.5 Å². The average molecular weight is 533 g/mol. The van der Waals surface area contributed by atoms with E-state index < -0.39 is 5.97 Å². The van der Waals surface area contributed by atoms with Crippen LogP contribution >= 0.6 is 23.8 Å². The lowest BCUT2D eigenvalue weighted by Crippen LogP contribution is -2.29. The summed E-state index contributed by atoms with van der Waals surface area (Å²) in [4.78, 5) is 18.0. The third kappa shape index (κ3) is 4.43. The molecule has 0 spiro atoms. The zero-order valence-corrected chi connectivity index (χ0v) is 22.0. The summed E-state index contributed by atoms with van der Waals surface area (Å²) in [6.45, 7) is 4.09. The molecule has 5 rings (SSSR count). The van der Waals surface area contributed by atoms with Gasteiger partial charge in [0.25, 0.3) is 0 Å². The standard InChI is InChI=1S/C28H25ClN4O3S/c1-16-14-21(17(2)32(16)19-9-7-18(8-10-19)27(34)35)26-25(23-6-4-5-13-30-23)31-28(37)33(26)20-11-12-24(36-3)22(29)15-20/h4-15,25-26H,1-3H3,(H,31,37)(H,34,35)/t25-,26+/m1/s1. The molecule has 1 aliphatic heterocycles. The van der Waals surface area contributed by atoms with Crippen LogP contribution in [0.4, 0.5) is 5.69 Å². The Hall–Kier alpha value is -3.88. The Morgan fingerprint density at radius 1 is 1.08 bits per heavy atom. The first-order valence-electron chi connectivity index (χ1n) is 11.7. The number of hydrogen-bond donors (Lipinski definition) is 2. The first-order chi connectivity index (χ1) is 17.8. The largest absolute Gasteiger partial charge is 0.495 e. The zero-order chi connectivity index (χ0) is 26.3. The van der Waals surface area contributed by atoms with E-state index in [4.69, 9.17) is 28.6 Å². The normalized spacial score (nSPS) is 17.1. The van der Waals surface area contributed by atoms with Gasteiger partial charge in [0.2, 0.25) is 0 Å². The molecule has 7 nitrogen and oxygen atoms in total. The fraction of sp³-hybridized carbons (Fsp3) is 0.179. The summed E-state index contributed by atoms with van der Waals surface area (Å²) in [6, 6.07) is 20.1. The van der Waals surface area contributed by atoms with Crippen LogP contribution in [0.5, 0.6) is 5.75 Å². The number of pyridine rings is 1. The van der Waals surface area contributed by atoms with Crippen molar-refractivity contribution in [3.8, 4) is 11.4 Å². The fourth-order valence-corrected chi connectivity index (χ4v) is 5.59. The molecule has 2 aromatic carbocycles. The molecular formula is C28H25ClN4O3S. The number of benzene rings is 2. The van der Waals surface area contributed by atoms with E-state index in [1.165, 1.54) is 0 Å². The highest BCUT2D eigenvalue weighted by atomic mass is 35.5. The number of nitrogens with one attached hydrogen (secondary N) is 1. The summed E-state index contributed by atoms with van der Waals surface area (Å²) in [5, 5.41) is 13.8. The Balaban J connectivity index is 1.65. The maximum atomic E-state index is 11.3. The summed E-state index contributed by atoms with van der Waals surface area (Å²) in [6.07, 6.45) is 1.78. The molecule has 2 N–H and O–H groups in total. The van der Waals surface area contributed by atoms with Gasteiger partial charge in [-0.2, -0.15) is 0 Å². The minimum atomic E-state index is -0.953. The van der Waals surface area contributed by atoms with Gasteiger partial charge < -0.3 is 24.6 Å². The van der Waals surface area contributed by atoms with Gasteiger partial charge in [0.1, 0.15) is 5.75 Å². The minimum absolute atomic E-state index is 0.210. The van der Waals surface area contributed by atoms with Crippen LogP contribution in [-0.2, 0) is 0 Å². The third-order valence-electron chi connectivity index (χ3n) is 6.67. The van der Waals surface area contributed by atoms with Gasteiger partial charge in [-0.15, -0.1) is 0 Å². The number of hydrogen-bond acceptors (Lipinski definition) is 4. The molecule has 0 unspecified atom stereocenters. The van der Waals surface area contributed by atoms with Crippen molar-refractivity contribution < 1.29 is 14.6 Å². The summed E-state index contributed by atoms with van der Waals surface area (Å²) in [5.74, 6) is -0.366. The molecule has 1 saturated heterocycles. The van der Waals surface area contributed by atoms with Crippen LogP contribution in [0.3, 0.4) is 0 Å². The SMILES string of the molecule is COc1ccc(N2C(=S)N[C@H](c3ccccn3)[C@@H]2c2cc(C)n(-c3ccc(C(=O)O)cc3)c2C)cc1Cl. The van der Waals surface area contributed by atoms with Crippen LogP contribution in [0.1, 0.15) is 45.1 Å². The van der Waals surface area contributed by atoms with E-state index in [-0.39, 0.29) is 17.6 Å². The molecule has 0 radical (unpaired) electrons. The first-order valence-corrected chi connectivity index (χ1v) is 12.5. The molecule has 4 aromatic rings. The fourth-order valence-electron chi connectivity index (χ4n) is 4.99. The number of aryl methyl sites for hydroxylation is 1. The Morgan fingerprint density at radius 3 is 2.43 bits per heavy atom. The van der Waals surface area contributed by atoms with E-state index in [2.05, 4.69) is 32.8 Å². The number of anilines is 1. The topological polar surface area (TPSA) is 79.6 Å². The molecule has 0 saturated carbocycles. The molecule has 0 aliphatic carbocycles. The van der Waals surface area contributed by atoms with Gasteiger partial charge in [0, 0.05) is 29.0 Å². The van der Waals surface area contributed by atoms with Gasteiger partial charge in [-0.3, -0.25) is 4.98 Å². The number of ether oxygens (including phenoxy) is 1. The van der Waals surface area contributed by atoms with Crippen LogP contribution < -0.4 is 15.0 Å². The molecular weight excluding hydrogens is 508 g/mol. The predicted octanol–water partition coefficient (Wildman–Crippen LogP) is 6.03. The Kier molecular flexibility index (Phi) is 6.62. The lowest BCUT2D eigenvalue weighted by Gasteiger charge is -2.28. The number of halogens is 1. The summed E-state index contributed by atoms with van der Waals surface area (Å²) in [5.41, 5.74) is 5.93. The number of nitrogens with zero attached hydrogens (tertiary/aromatic N) is 3. The number of thiocarbonyl (C=S) groups is 1. The zero-order valence-electron chi connectivity index (χ0n) is 20.5. The van der Waals surface area contributed by atoms with Gasteiger partial charge >= 0.3 is 5.97 Å². The van der Waals surface area contributed by atoms with Crippen molar-refractivity contribution in [2.45, 2.75) is 25.9 Å². The molecule has 1 fully saturated rings. The molecule has 1 aliphatic rings. The summed E-state index contributed by atoms with van der Waals surface area (Å²) >= 11 is 12.4. The maximum absolute atomic E-state index is 11.3. The van der Waals surface area contributed by atoms with E-state index in [0.29, 0.717) is 15.9 Å². The summed E-state index contributed by atoms with van der Waals surface area (Å²) in [7, 11) is 1.58. The number of aromatic nitrogens is 2. The number of carbonyl (C=O) groups is 1. The van der Waals surface area contributed by atoms with Crippen molar-refractivity contribution in [1.29, 1.82) is 0 Å². The van der Waals surface area contributed by atoms with Crippen molar-refractivity contribution >= 4 is 40.6 Å². The van der Waals surface area contributed by atoms with E-state index >= 15 is 0 Å². The van der Waals surface area contributed by atoms with Gasteiger partial charge in [-0.1, -0.05) is 17.7 Å². The Bertz CT molecular complexity index is 1490. The number of rotatable bonds is 6. The molecule has 2 atom stereocenters. The highest BCUT2D eigenvalue weighted by Gasteiger charge is 2.42. The van der Waals surface area contributed by atoms with Crippen LogP contribution in [-0.4, -0.2) is 32.8 Å². The Morgan fingerprint density at radius 2 is 1.81 bits per heavy atom. The second-order valence-corrected chi connectivity index (χ2v) is 9.62. The van der Waals surface area contributed by atoms with Gasteiger partial charge in [-0.05, 0) is 92.3 Å². The molecule has 9 heteroatoms. The van der Waals surface area contributed by atoms with Crippen LogP contribution in [0.2, 0.25) is 5.02 Å². The smallest absolute Gasteiger partial charge is 0.335 e. The molecule has 0 bridgehead atoms. The average Bonchev–Trinajstić information content (AvgIpc) is 3.39. The monoisotopic (exact) mass is 532 g/mol. The molecule has 37 heavy (non-hydrogen) atoms. The number of methoxy groups -OCH3 is 1. The minimum Gasteiger partial charge on any atom is -0.495 e. The van der Waals surface area contributed by atoms with E-state index in [9.17, 15) is 9.90 Å². The highest BCUT2D eigenvalue weighted by molar-refractivity contribution is 7.80. The Labute approximate surface area is 225 Å². The number of aromatic carboxylic acids is 1. The molecule has 3 heterocycles. The van der Waals surface area contributed by atoms with Crippen LogP contribution in [0.25, 0.3) is 5.69 Å². The summed E-state index contributed by atoms with van der Waals surface area (Å²) < 4.78 is 7.47. The number of carboxylic acids is 1. The molecule has 0 amide bonds. The maximum Gasteiger partial charge on any atom is 0.335 e. The third-order valence-corrected chi connectivity index (χ3v) is 7.28. The van der Waals surface area contributed by atoms with Crippen molar-refractivity contribution in [2.24, 2.45) is 0 Å². The van der Waals surface area contributed by atoms with Gasteiger partial charge in [0.15, 0.2) is 5.11 Å². The van der Waals surface area contributed by atoms with E-state index in [1.807, 2.05) is 55.5 Å². The second kappa shape index (κ2) is 9.88. The predicted molar refractivity (Wildman–Crippen MR) is 148 cm³/mol. The molecule has 188 valence electrons. The van der Waals surface area contributed by atoms with Gasteiger partial charge in [-0.25, -0.2) is 4.79 Å². The van der Waals surface area contributed by atoms with Crippen LogP contribution in [0, 0.1) is 13.8 Å².